The number of rotatable bonds is 4. The van der Waals surface area contributed by atoms with Gasteiger partial charge in [0.15, 0.2) is 0 Å². The average molecular weight is 366 g/mol. The third kappa shape index (κ3) is 4.34. The number of carboxylic acid groups (broad SMARTS) is 1. The van der Waals surface area contributed by atoms with E-state index in [0.717, 1.165) is 0 Å². The van der Waals surface area contributed by atoms with E-state index in [2.05, 4.69) is 5.32 Å². The number of likely N-dealkylation sites (tertiary alicyclic amines) is 1. The van der Waals surface area contributed by atoms with Crippen molar-refractivity contribution in [1.82, 2.24) is 4.90 Å². The van der Waals surface area contributed by atoms with Crippen LogP contribution in [0.5, 0.6) is 0 Å². The number of hydrogen-bond donors (Lipinski definition) is 2. The quantitative estimate of drug-likeness (QED) is 0.869. The first-order chi connectivity index (χ1) is 13.0. The number of amides is 2. The van der Waals surface area contributed by atoms with Crippen molar-refractivity contribution < 1.29 is 19.5 Å². The minimum absolute atomic E-state index is 0.00515. The van der Waals surface area contributed by atoms with Gasteiger partial charge in [0.1, 0.15) is 0 Å². The Morgan fingerprint density at radius 2 is 1.63 bits per heavy atom. The predicted octanol–water partition coefficient (Wildman–Crippen LogP) is 3.26. The summed E-state index contributed by atoms with van der Waals surface area (Å²) in [6.45, 7) is 2.16. The van der Waals surface area contributed by atoms with E-state index in [1.807, 2.05) is 13.0 Å². The van der Waals surface area contributed by atoms with Crippen molar-refractivity contribution in [2.75, 3.05) is 11.9 Å². The molecule has 2 aromatic rings. The Kier molecular flexibility index (Phi) is 5.54. The lowest BCUT2D eigenvalue weighted by Crippen LogP contribution is -2.47. The number of benzene rings is 2. The number of carbonyl (C=O) groups is 3. The lowest BCUT2D eigenvalue weighted by molar-refractivity contribution is -0.143. The number of piperidine rings is 1. The van der Waals surface area contributed by atoms with Crippen molar-refractivity contribution in [3.8, 4) is 0 Å². The number of carbonyl (C=O) groups excluding carboxylic acids is 2. The minimum atomic E-state index is -0.862. The molecule has 2 atom stereocenters. The largest absolute Gasteiger partial charge is 0.481 e. The van der Waals surface area contributed by atoms with Crippen molar-refractivity contribution in [1.29, 1.82) is 0 Å². The van der Waals surface area contributed by atoms with Gasteiger partial charge in [-0.15, -0.1) is 0 Å². The van der Waals surface area contributed by atoms with Gasteiger partial charge in [0.2, 0.25) is 0 Å². The van der Waals surface area contributed by atoms with Crippen LogP contribution in [0.2, 0.25) is 0 Å². The van der Waals surface area contributed by atoms with Crippen LogP contribution in [0.3, 0.4) is 0 Å². The Balaban J connectivity index is 1.68. The van der Waals surface area contributed by atoms with Crippen LogP contribution in [-0.4, -0.2) is 40.4 Å². The first-order valence-corrected chi connectivity index (χ1v) is 8.96. The van der Waals surface area contributed by atoms with Crippen LogP contribution in [0.15, 0.2) is 54.6 Å². The molecule has 2 N–H and O–H groups in total. The molecular formula is C21H22N2O4. The molecule has 0 aromatic heterocycles. The third-order valence-corrected chi connectivity index (χ3v) is 4.92. The second kappa shape index (κ2) is 8.03. The molecule has 3 rings (SSSR count). The molecule has 1 aliphatic rings. The molecule has 1 saturated heterocycles. The molecule has 2 unspecified atom stereocenters. The normalized spacial score (nSPS) is 19.4. The zero-order valence-corrected chi connectivity index (χ0v) is 15.1. The Hall–Kier alpha value is -3.15. The summed E-state index contributed by atoms with van der Waals surface area (Å²) in [6.07, 6.45) is 1.26. The first-order valence-electron chi connectivity index (χ1n) is 8.96. The lowest BCUT2D eigenvalue weighted by Gasteiger charge is -2.36. The van der Waals surface area contributed by atoms with Crippen molar-refractivity contribution in [3.63, 3.8) is 0 Å². The number of hydrogen-bond acceptors (Lipinski definition) is 3. The molecule has 0 radical (unpaired) electrons. The van der Waals surface area contributed by atoms with Crippen molar-refractivity contribution in [2.24, 2.45) is 5.92 Å². The summed E-state index contributed by atoms with van der Waals surface area (Å²) in [7, 11) is 0. The molecule has 0 bridgehead atoms. The SMILES string of the molecule is CC1CCC(C(=O)O)CN1C(=O)c1ccc(NC(=O)c2ccccc2)cc1. The van der Waals surface area contributed by atoms with Crippen LogP contribution in [0.4, 0.5) is 5.69 Å². The highest BCUT2D eigenvalue weighted by atomic mass is 16.4. The smallest absolute Gasteiger partial charge is 0.308 e. The lowest BCUT2D eigenvalue weighted by atomic mass is 9.93. The van der Waals surface area contributed by atoms with Crippen LogP contribution in [-0.2, 0) is 4.79 Å². The highest BCUT2D eigenvalue weighted by molar-refractivity contribution is 6.04. The highest BCUT2D eigenvalue weighted by Gasteiger charge is 2.32. The molecule has 0 aliphatic carbocycles. The van der Waals surface area contributed by atoms with E-state index in [0.29, 0.717) is 29.7 Å². The molecule has 1 fully saturated rings. The summed E-state index contributed by atoms with van der Waals surface area (Å²) >= 11 is 0. The predicted molar refractivity (Wildman–Crippen MR) is 102 cm³/mol. The van der Waals surface area contributed by atoms with E-state index in [9.17, 15) is 19.5 Å². The maximum Gasteiger partial charge on any atom is 0.308 e. The second-order valence-electron chi connectivity index (χ2n) is 6.82. The first kappa shape index (κ1) is 18.6. The van der Waals surface area contributed by atoms with E-state index >= 15 is 0 Å². The Bertz CT molecular complexity index is 833. The van der Waals surface area contributed by atoms with E-state index in [1.54, 1.807) is 53.4 Å². The molecular weight excluding hydrogens is 344 g/mol. The molecule has 140 valence electrons. The Morgan fingerprint density at radius 3 is 2.26 bits per heavy atom. The zero-order valence-electron chi connectivity index (χ0n) is 15.1. The van der Waals surface area contributed by atoms with Crippen molar-refractivity contribution in [3.05, 3.63) is 65.7 Å². The summed E-state index contributed by atoms with van der Waals surface area (Å²) in [5.41, 5.74) is 1.63. The van der Waals surface area contributed by atoms with E-state index in [-0.39, 0.29) is 24.4 Å². The molecule has 27 heavy (non-hydrogen) atoms. The third-order valence-electron chi connectivity index (χ3n) is 4.92. The summed E-state index contributed by atoms with van der Waals surface area (Å²) in [6, 6.07) is 15.5. The molecule has 0 saturated carbocycles. The van der Waals surface area contributed by atoms with Crippen LogP contribution >= 0.6 is 0 Å². The van der Waals surface area contributed by atoms with Gasteiger partial charge in [0.05, 0.1) is 5.92 Å². The summed E-state index contributed by atoms with van der Waals surface area (Å²) in [5, 5.41) is 12.0. The average Bonchev–Trinajstić information content (AvgIpc) is 2.69. The van der Waals surface area contributed by atoms with Crippen LogP contribution in [0.1, 0.15) is 40.5 Å². The summed E-state index contributed by atoms with van der Waals surface area (Å²) < 4.78 is 0. The van der Waals surface area contributed by atoms with Gasteiger partial charge in [0, 0.05) is 29.4 Å². The van der Waals surface area contributed by atoms with Gasteiger partial charge in [0.25, 0.3) is 11.8 Å². The van der Waals surface area contributed by atoms with Gasteiger partial charge in [-0.05, 0) is 56.2 Å². The molecule has 1 aliphatic heterocycles. The highest BCUT2D eigenvalue weighted by Crippen LogP contribution is 2.24. The Morgan fingerprint density at radius 1 is 0.963 bits per heavy atom. The fourth-order valence-corrected chi connectivity index (χ4v) is 3.25. The van der Waals surface area contributed by atoms with E-state index in [1.165, 1.54) is 0 Å². The number of nitrogens with zero attached hydrogens (tertiary/aromatic N) is 1. The summed E-state index contributed by atoms with van der Waals surface area (Å²) in [5.74, 6) is -1.79. The number of nitrogens with one attached hydrogen (secondary N) is 1. The van der Waals surface area contributed by atoms with Gasteiger partial charge in [-0.25, -0.2) is 0 Å². The van der Waals surface area contributed by atoms with Crippen molar-refractivity contribution in [2.45, 2.75) is 25.8 Å². The fraction of sp³-hybridized carbons (Fsp3) is 0.286. The maximum atomic E-state index is 12.8. The molecule has 6 heteroatoms. The fourth-order valence-electron chi connectivity index (χ4n) is 3.25. The van der Waals surface area contributed by atoms with Gasteiger partial charge in [-0.3, -0.25) is 14.4 Å². The Labute approximate surface area is 157 Å². The second-order valence-corrected chi connectivity index (χ2v) is 6.82. The molecule has 2 amide bonds. The van der Waals surface area contributed by atoms with Gasteiger partial charge in [-0.2, -0.15) is 0 Å². The number of carboxylic acids is 1. The van der Waals surface area contributed by atoms with Crippen molar-refractivity contribution >= 4 is 23.5 Å². The number of aliphatic carboxylic acids is 1. The van der Waals surface area contributed by atoms with Gasteiger partial charge < -0.3 is 15.3 Å². The van der Waals surface area contributed by atoms with E-state index in [4.69, 9.17) is 0 Å². The standard InChI is InChI=1S/C21H22N2O4/c1-14-7-8-17(21(26)27)13-23(14)20(25)16-9-11-18(12-10-16)22-19(24)15-5-3-2-4-6-15/h2-6,9-12,14,17H,7-8,13H2,1H3,(H,22,24)(H,26,27). The van der Waals surface area contributed by atoms with Crippen LogP contribution < -0.4 is 5.32 Å². The van der Waals surface area contributed by atoms with Gasteiger partial charge >= 0.3 is 5.97 Å². The maximum absolute atomic E-state index is 12.8. The molecule has 6 nitrogen and oxygen atoms in total. The molecule has 2 aromatic carbocycles. The summed E-state index contributed by atoms with van der Waals surface area (Å²) in [4.78, 5) is 37.8. The van der Waals surface area contributed by atoms with Gasteiger partial charge in [-0.1, -0.05) is 18.2 Å². The van der Waals surface area contributed by atoms with Crippen LogP contribution in [0, 0.1) is 5.92 Å². The van der Waals surface area contributed by atoms with Crippen LogP contribution in [0.25, 0.3) is 0 Å². The number of anilines is 1. The minimum Gasteiger partial charge on any atom is -0.481 e. The molecule has 1 heterocycles. The zero-order chi connectivity index (χ0) is 19.4. The monoisotopic (exact) mass is 366 g/mol. The van der Waals surface area contributed by atoms with E-state index < -0.39 is 11.9 Å². The topological polar surface area (TPSA) is 86.7 Å². The molecule has 0 spiro atoms.